The Labute approximate surface area is 174 Å². The molecular weight excluding hydrogens is 326 g/mol. The predicted molar refractivity (Wildman–Crippen MR) is 117 cm³/mol. The monoisotopic (exact) mass is 354 g/mol. The van der Waals surface area contributed by atoms with Gasteiger partial charge in [-0.1, -0.05) is 69.3 Å². The molecule has 0 radical (unpaired) electrons. The van der Waals surface area contributed by atoms with Crippen LogP contribution in [0.3, 0.4) is 0 Å². The van der Waals surface area contributed by atoms with Crippen LogP contribution in [0.5, 0.6) is 0 Å². The number of hydrogen-bond donors (Lipinski definition) is 0. The Hall–Kier alpha value is -1.57. The van der Waals surface area contributed by atoms with Gasteiger partial charge in [0.2, 0.25) is 0 Å². The summed E-state index contributed by atoms with van der Waals surface area (Å²) in [5, 5.41) is 2.74. The SMILES string of the molecule is C=CCc1cc(CC=C)cc(Pc2cc(CC=C)cc(CC=C)c2)c1.[H-].[Li+]. The van der Waals surface area contributed by atoms with Gasteiger partial charge in [-0.05, 0) is 58.5 Å². The van der Waals surface area contributed by atoms with Crippen LogP contribution >= 0.6 is 8.58 Å². The van der Waals surface area contributed by atoms with Crippen molar-refractivity contribution in [1.29, 1.82) is 0 Å². The number of rotatable bonds is 10. The van der Waals surface area contributed by atoms with Crippen molar-refractivity contribution in [2.75, 3.05) is 0 Å². The van der Waals surface area contributed by atoms with Gasteiger partial charge in [0, 0.05) is 0 Å². The maximum absolute atomic E-state index is 3.87. The Morgan fingerprint density at radius 1 is 0.577 bits per heavy atom. The van der Waals surface area contributed by atoms with E-state index < -0.39 is 0 Å². The van der Waals surface area contributed by atoms with Crippen LogP contribution in [0.25, 0.3) is 0 Å². The van der Waals surface area contributed by atoms with Crippen molar-refractivity contribution in [2.24, 2.45) is 0 Å². The van der Waals surface area contributed by atoms with Crippen molar-refractivity contribution >= 4 is 19.2 Å². The first-order valence-electron chi connectivity index (χ1n) is 8.64. The summed E-state index contributed by atoms with van der Waals surface area (Å²) in [7, 11) is 0.643. The van der Waals surface area contributed by atoms with Crippen LogP contribution in [0.1, 0.15) is 23.7 Å². The van der Waals surface area contributed by atoms with E-state index in [-0.39, 0.29) is 20.3 Å². The van der Waals surface area contributed by atoms with E-state index in [1.165, 1.54) is 32.9 Å². The molecular formula is C24H28LiP. The van der Waals surface area contributed by atoms with Crippen molar-refractivity contribution in [1.82, 2.24) is 0 Å². The standard InChI is InChI=1S/C24H27P.Li.H/c1-5-9-19-13-20(10-6-2)16-23(15-19)25-24-17-21(11-7-3)14-22(18-24)12-8-4;;/h5-8,13-18,25H,1-4,9-12H2;;/q;+1;-1. The quantitative estimate of drug-likeness (QED) is 0.349. The summed E-state index contributed by atoms with van der Waals surface area (Å²) in [6.07, 6.45) is 11.5. The van der Waals surface area contributed by atoms with E-state index in [0.29, 0.717) is 8.58 Å². The van der Waals surface area contributed by atoms with Crippen LogP contribution in [0, 0.1) is 0 Å². The van der Waals surface area contributed by atoms with Crippen LogP contribution in [-0.4, -0.2) is 0 Å². The average molecular weight is 354 g/mol. The number of benzene rings is 2. The molecule has 0 saturated carbocycles. The minimum absolute atomic E-state index is 0. The van der Waals surface area contributed by atoms with Gasteiger partial charge in [0.1, 0.15) is 0 Å². The molecule has 0 aromatic heterocycles. The third-order valence-corrected chi connectivity index (χ3v) is 5.07. The summed E-state index contributed by atoms with van der Waals surface area (Å²) in [5.74, 6) is 0. The second kappa shape index (κ2) is 11.9. The summed E-state index contributed by atoms with van der Waals surface area (Å²) in [6, 6.07) is 13.7. The zero-order valence-electron chi connectivity index (χ0n) is 16.9. The third-order valence-electron chi connectivity index (χ3n) is 3.91. The van der Waals surface area contributed by atoms with Crippen molar-refractivity contribution in [3.05, 3.63) is 109 Å². The first-order chi connectivity index (χ1) is 12.2. The molecule has 2 rings (SSSR count). The molecule has 2 heteroatoms. The first-order valence-corrected chi connectivity index (χ1v) is 9.64. The molecule has 0 aliphatic rings. The summed E-state index contributed by atoms with van der Waals surface area (Å²) in [4.78, 5) is 0. The molecule has 2 aromatic rings. The van der Waals surface area contributed by atoms with Crippen LogP contribution in [0.15, 0.2) is 87.0 Å². The van der Waals surface area contributed by atoms with Crippen LogP contribution in [0.2, 0.25) is 0 Å². The zero-order valence-corrected chi connectivity index (χ0v) is 16.9. The summed E-state index contributed by atoms with van der Waals surface area (Å²) < 4.78 is 0. The fourth-order valence-electron chi connectivity index (χ4n) is 2.97. The third kappa shape index (κ3) is 6.97. The average Bonchev–Trinajstić information content (AvgIpc) is 2.55. The van der Waals surface area contributed by atoms with Gasteiger partial charge in [0.15, 0.2) is 0 Å². The first kappa shape index (κ1) is 22.5. The van der Waals surface area contributed by atoms with Gasteiger partial charge in [-0.25, -0.2) is 0 Å². The van der Waals surface area contributed by atoms with Gasteiger partial charge in [-0.3, -0.25) is 0 Å². The molecule has 0 nitrogen and oxygen atoms in total. The Morgan fingerprint density at radius 2 is 0.846 bits per heavy atom. The van der Waals surface area contributed by atoms with E-state index in [1.807, 2.05) is 24.3 Å². The fourth-order valence-corrected chi connectivity index (χ4v) is 4.34. The van der Waals surface area contributed by atoms with Crippen LogP contribution < -0.4 is 29.5 Å². The van der Waals surface area contributed by atoms with E-state index in [2.05, 4.69) is 62.7 Å². The van der Waals surface area contributed by atoms with Crippen molar-refractivity contribution < 1.29 is 20.3 Å². The smallest absolute Gasteiger partial charge is 1.00 e. The van der Waals surface area contributed by atoms with Crippen LogP contribution in [0.4, 0.5) is 0 Å². The van der Waals surface area contributed by atoms with Crippen molar-refractivity contribution in [3.63, 3.8) is 0 Å². The number of allylic oxidation sites excluding steroid dienone is 4. The zero-order chi connectivity index (χ0) is 18.1. The summed E-state index contributed by atoms with van der Waals surface area (Å²) in [5.41, 5.74) is 5.30. The Kier molecular flexibility index (Phi) is 10.3. The fraction of sp³-hybridized carbons (Fsp3) is 0.167. The molecule has 0 atom stereocenters. The summed E-state index contributed by atoms with van der Waals surface area (Å²) >= 11 is 0. The maximum Gasteiger partial charge on any atom is 1.00 e. The van der Waals surface area contributed by atoms with E-state index in [1.54, 1.807) is 0 Å². The van der Waals surface area contributed by atoms with Gasteiger partial charge in [-0.2, -0.15) is 0 Å². The Bertz CT molecular complexity index is 658. The molecule has 26 heavy (non-hydrogen) atoms. The predicted octanol–water partition coefficient (Wildman–Crippen LogP) is 2.35. The van der Waals surface area contributed by atoms with E-state index >= 15 is 0 Å². The largest absolute Gasteiger partial charge is 1.00 e. The van der Waals surface area contributed by atoms with Crippen molar-refractivity contribution in [2.45, 2.75) is 25.7 Å². The van der Waals surface area contributed by atoms with Crippen LogP contribution in [-0.2, 0) is 25.7 Å². The van der Waals surface area contributed by atoms with Gasteiger partial charge in [-0.15, -0.1) is 26.3 Å². The van der Waals surface area contributed by atoms with Gasteiger partial charge >= 0.3 is 18.9 Å². The van der Waals surface area contributed by atoms with Gasteiger partial charge in [0.05, 0.1) is 0 Å². The number of hydrogen-bond acceptors (Lipinski definition) is 0. The summed E-state index contributed by atoms with van der Waals surface area (Å²) in [6.45, 7) is 15.5. The molecule has 0 N–H and O–H groups in total. The molecule has 0 amide bonds. The molecule has 0 saturated heterocycles. The molecule has 0 aliphatic heterocycles. The van der Waals surface area contributed by atoms with Gasteiger partial charge in [0.25, 0.3) is 0 Å². The second-order valence-corrected chi connectivity index (χ2v) is 7.58. The van der Waals surface area contributed by atoms with E-state index in [9.17, 15) is 0 Å². The molecule has 0 aliphatic carbocycles. The molecule has 0 unspecified atom stereocenters. The molecule has 0 spiro atoms. The topological polar surface area (TPSA) is 0 Å². The maximum atomic E-state index is 3.87. The van der Waals surface area contributed by atoms with Gasteiger partial charge < -0.3 is 1.43 Å². The van der Waals surface area contributed by atoms with E-state index in [0.717, 1.165) is 25.7 Å². The minimum Gasteiger partial charge on any atom is -1.00 e. The normalized spacial score (nSPS) is 9.85. The minimum atomic E-state index is 0. The second-order valence-electron chi connectivity index (χ2n) is 6.17. The molecule has 0 heterocycles. The molecule has 2 aromatic carbocycles. The molecule has 0 bridgehead atoms. The Morgan fingerprint density at radius 3 is 1.08 bits per heavy atom. The molecule has 130 valence electrons. The van der Waals surface area contributed by atoms with E-state index in [4.69, 9.17) is 0 Å². The molecule has 0 fully saturated rings. The Balaban J connectivity index is 0.00000338. The van der Waals surface area contributed by atoms with Crippen molar-refractivity contribution in [3.8, 4) is 0 Å².